The van der Waals surface area contributed by atoms with Gasteiger partial charge in [-0.1, -0.05) is 133 Å². The number of para-hydroxylation sites is 1. The second-order valence-corrected chi connectivity index (χ2v) is 14.0. The van der Waals surface area contributed by atoms with Gasteiger partial charge in [0.2, 0.25) is 0 Å². The Morgan fingerprint density at radius 3 is 1.67 bits per heavy atom. The predicted molar refractivity (Wildman–Crippen MR) is 219 cm³/mol. The monoisotopic (exact) mass is 668 g/mol. The van der Waals surface area contributed by atoms with Gasteiger partial charge in [-0.3, -0.25) is 0 Å². The van der Waals surface area contributed by atoms with Crippen molar-refractivity contribution in [2.45, 2.75) is 0 Å². The van der Waals surface area contributed by atoms with Gasteiger partial charge in [0.05, 0.1) is 22.4 Å². The zero-order chi connectivity index (χ0) is 33.7. The van der Waals surface area contributed by atoms with Crippen molar-refractivity contribution >= 4 is 70.4 Å². The minimum atomic E-state index is 1.11. The molecule has 3 heteroatoms. The summed E-state index contributed by atoms with van der Waals surface area (Å²) < 4.78 is 5.01. The number of hydrogen-bond acceptors (Lipinski definition) is 2. The van der Waals surface area contributed by atoms with E-state index in [-0.39, 0.29) is 0 Å². The fourth-order valence-corrected chi connectivity index (χ4v) is 8.90. The van der Waals surface area contributed by atoms with E-state index in [1.165, 1.54) is 69.9 Å². The molecule has 0 saturated heterocycles. The Morgan fingerprint density at radius 1 is 0.373 bits per heavy atom. The van der Waals surface area contributed by atoms with Gasteiger partial charge < -0.3 is 9.47 Å². The molecule has 0 aliphatic rings. The zero-order valence-corrected chi connectivity index (χ0v) is 28.6. The van der Waals surface area contributed by atoms with Crippen molar-refractivity contribution in [3.63, 3.8) is 0 Å². The first-order valence-corrected chi connectivity index (χ1v) is 18.2. The number of anilines is 3. The van der Waals surface area contributed by atoms with Crippen LogP contribution < -0.4 is 4.90 Å². The first kappa shape index (κ1) is 29.5. The van der Waals surface area contributed by atoms with Crippen LogP contribution in [0.15, 0.2) is 194 Å². The van der Waals surface area contributed by atoms with Crippen LogP contribution >= 0.6 is 11.3 Å². The van der Waals surface area contributed by atoms with Gasteiger partial charge in [0.1, 0.15) is 0 Å². The van der Waals surface area contributed by atoms with Crippen LogP contribution in [0.2, 0.25) is 0 Å². The molecule has 0 radical (unpaired) electrons. The molecule has 51 heavy (non-hydrogen) atoms. The van der Waals surface area contributed by atoms with E-state index in [1.807, 2.05) is 11.3 Å². The average molecular weight is 669 g/mol. The molecule has 0 aliphatic heterocycles. The molecule has 0 bridgehead atoms. The van der Waals surface area contributed by atoms with E-state index in [9.17, 15) is 0 Å². The molecular formula is C48H32N2S. The molecule has 0 atom stereocenters. The molecule has 8 aromatic carbocycles. The largest absolute Gasteiger partial charge is 0.309 e. The van der Waals surface area contributed by atoms with Gasteiger partial charge in [0, 0.05) is 42.3 Å². The summed E-state index contributed by atoms with van der Waals surface area (Å²) in [6.45, 7) is 0. The highest BCUT2D eigenvalue weighted by Crippen LogP contribution is 2.49. The number of benzene rings is 8. The lowest BCUT2D eigenvalue weighted by molar-refractivity contribution is 1.18. The van der Waals surface area contributed by atoms with E-state index in [2.05, 4.69) is 204 Å². The maximum absolute atomic E-state index is 2.50. The SMILES string of the molecule is c1ccc(-c2ccc(N(c3cccc4sc5ccccc5c34)c3cccc4c3c3c(-c5ccccc5)cccc3n4-c3ccccc3)cc2)cc1. The van der Waals surface area contributed by atoms with Crippen LogP contribution in [0.25, 0.3) is 69.9 Å². The average Bonchev–Trinajstić information content (AvgIpc) is 3.76. The van der Waals surface area contributed by atoms with E-state index in [1.54, 1.807) is 0 Å². The Labute approximate surface area is 300 Å². The van der Waals surface area contributed by atoms with Gasteiger partial charge >= 0.3 is 0 Å². The van der Waals surface area contributed by atoms with Crippen LogP contribution in [0.5, 0.6) is 0 Å². The molecule has 240 valence electrons. The fourth-order valence-electron chi connectivity index (χ4n) is 7.77. The van der Waals surface area contributed by atoms with Gasteiger partial charge in [0.25, 0.3) is 0 Å². The van der Waals surface area contributed by atoms with E-state index in [0.717, 1.165) is 17.1 Å². The number of nitrogens with zero attached hydrogens (tertiary/aromatic N) is 2. The Bertz CT molecular complexity index is 2830. The maximum atomic E-state index is 2.50. The van der Waals surface area contributed by atoms with Crippen molar-refractivity contribution in [3.8, 4) is 27.9 Å². The molecule has 0 aliphatic carbocycles. The number of rotatable bonds is 6. The van der Waals surface area contributed by atoms with Crippen molar-refractivity contribution < 1.29 is 0 Å². The third kappa shape index (κ3) is 4.85. The molecular weight excluding hydrogens is 637 g/mol. The third-order valence-corrected chi connectivity index (χ3v) is 11.1. The van der Waals surface area contributed by atoms with Gasteiger partial charge in [-0.05, 0) is 82.9 Å². The first-order valence-electron chi connectivity index (χ1n) is 17.4. The summed E-state index contributed by atoms with van der Waals surface area (Å²) in [5, 5.41) is 5.02. The molecule has 2 aromatic heterocycles. The second kappa shape index (κ2) is 12.2. The molecule has 0 saturated carbocycles. The minimum absolute atomic E-state index is 1.11. The van der Waals surface area contributed by atoms with Crippen molar-refractivity contribution in [3.05, 3.63) is 194 Å². The molecule has 0 unspecified atom stereocenters. The Hall–Kier alpha value is -6.42. The number of thiophene rings is 1. The van der Waals surface area contributed by atoms with Gasteiger partial charge in [-0.2, -0.15) is 0 Å². The highest BCUT2D eigenvalue weighted by Gasteiger charge is 2.25. The molecule has 0 fully saturated rings. The van der Waals surface area contributed by atoms with Crippen LogP contribution in [-0.4, -0.2) is 4.57 Å². The van der Waals surface area contributed by atoms with E-state index >= 15 is 0 Å². The Balaban J connectivity index is 1.33. The number of fused-ring (bicyclic) bond motifs is 6. The topological polar surface area (TPSA) is 8.17 Å². The molecule has 0 amide bonds. The summed E-state index contributed by atoms with van der Waals surface area (Å²) in [6.07, 6.45) is 0. The molecule has 2 nitrogen and oxygen atoms in total. The van der Waals surface area contributed by atoms with Crippen molar-refractivity contribution in [2.75, 3.05) is 4.90 Å². The van der Waals surface area contributed by atoms with Crippen LogP contribution in [-0.2, 0) is 0 Å². The summed E-state index contributed by atoms with van der Waals surface area (Å²) in [4.78, 5) is 2.50. The summed E-state index contributed by atoms with van der Waals surface area (Å²) in [7, 11) is 0. The lowest BCUT2D eigenvalue weighted by Gasteiger charge is -2.28. The van der Waals surface area contributed by atoms with Crippen LogP contribution in [0.3, 0.4) is 0 Å². The summed E-state index contributed by atoms with van der Waals surface area (Å²) in [6, 6.07) is 70.4. The summed E-state index contributed by atoms with van der Waals surface area (Å²) in [5.74, 6) is 0. The highest BCUT2D eigenvalue weighted by atomic mass is 32.1. The van der Waals surface area contributed by atoms with E-state index in [4.69, 9.17) is 0 Å². The van der Waals surface area contributed by atoms with Crippen LogP contribution in [0.4, 0.5) is 17.1 Å². The normalized spacial score (nSPS) is 11.5. The van der Waals surface area contributed by atoms with E-state index in [0.29, 0.717) is 0 Å². The van der Waals surface area contributed by atoms with Gasteiger partial charge in [-0.15, -0.1) is 11.3 Å². The summed E-state index contributed by atoms with van der Waals surface area (Å²) >= 11 is 1.86. The first-order chi connectivity index (χ1) is 25.3. The fraction of sp³-hybridized carbons (Fsp3) is 0. The molecule has 10 aromatic rings. The zero-order valence-electron chi connectivity index (χ0n) is 27.8. The van der Waals surface area contributed by atoms with Crippen molar-refractivity contribution in [1.82, 2.24) is 4.57 Å². The van der Waals surface area contributed by atoms with Crippen molar-refractivity contribution in [1.29, 1.82) is 0 Å². The third-order valence-electron chi connectivity index (χ3n) is 9.99. The van der Waals surface area contributed by atoms with Crippen molar-refractivity contribution in [2.24, 2.45) is 0 Å². The quantitative estimate of drug-likeness (QED) is 0.171. The highest BCUT2D eigenvalue weighted by molar-refractivity contribution is 7.26. The molecule has 10 rings (SSSR count). The standard InChI is InChI=1S/C48H32N2S/c1-4-15-33(16-5-1)34-29-31-37(32-30-34)50(40-26-14-28-45-46(40)39-21-10-11-27-44(39)51-45)43-25-13-24-42-48(43)47-38(35-17-6-2-7-18-35)22-12-23-41(47)49(42)36-19-8-3-9-20-36/h1-32H. The van der Waals surface area contributed by atoms with Crippen LogP contribution in [0.1, 0.15) is 0 Å². The molecule has 0 spiro atoms. The van der Waals surface area contributed by atoms with Crippen LogP contribution in [0, 0.1) is 0 Å². The molecule has 2 heterocycles. The Kier molecular flexibility index (Phi) is 7.04. The predicted octanol–water partition coefficient (Wildman–Crippen LogP) is 14.0. The van der Waals surface area contributed by atoms with Gasteiger partial charge in [0.15, 0.2) is 0 Å². The number of hydrogen-bond donors (Lipinski definition) is 0. The smallest absolute Gasteiger partial charge is 0.0562 e. The maximum Gasteiger partial charge on any atom is 0.0562 e. The Morgan fingerprint density at radius 2 is 0.922 bits per heavy atom. The number of aromatic nitrogens is 1. The molecule has 0 N–H and O–H groups in total. The van der Waals surface area contributed by atoms with Gasteiger partial charge in [-0.25, -0.2) is 0 Å². The second-order valence-electron chi connectivity index (χ2n) is 12.9. The lowest BCUT2D eigenvalue weighted by atomic mass is 9.98. The summed E-state index contributed by atoms with van der Waals surface area (Å²) in [5.41, 5.74) is 11.8. The lowest BCUT2D eigenvalue weighted by Crippen LogP contribution is -2.11. The van der Waals surface area contributed by atoms with E-state index < -0.39 is 0 Å². The minimum Gasteiger partial charge on any atom is -0.309 e.